The highest BCUT2D eigenvalue weighted by Gasteiger charge is 2.38. The van der Waals surface area contributed by atoms with Crippen molar-refractivity contribution in [2.45, 2.75) is 31.7 Å². The summed E-state index contributed by atoms with van der Waals surface area (Å²) in [6, 6.07) is 8.66. The van der Waals surface area contributed by atoms with Crippen LogP contribution in [0.25, 0.3) is 0 Å². The van der Waals surface area contributed by atoms with Crippen LogP contribution in [-0.4, -0.2) is 59.0 Å². The number of aromatic nitrogens is 2. The van der Waals surface area contributed by atoms with Crippen molar-refractivity contribution in [2.75, 3.05) is 27.1 Å². The molecule has 1 aromatic carbocycles. The van der Waals surface area contributed by atoms with Crippen LogP contribution >= 0.6 is 0 Å². The van der Waals surface area contributed by atoms with Crippen LogP contribution in [0.2, 0.25) is 0 Å². The molecule has 2 aliphatic rings. The number of fused-ring (bicyclic) bond motifs is 2. The fraction of sp³-hybridized carbons (Fsp3) is 0.474. The Hall–Kier alpha value is -2.79. The van der Waals surface area contributed by atoms with E-state index in [0.717, 1.165) is 44.2 Å². The third-order valence-corrected chi connectivity index (χ3v) is 4.69. The van der Waals surface area contributed by atoms with Gasteiger partial charge in [0.05, 0.1) is 11.7 Å². The fourth-order valence-electron chi connectivity index (χ4n) is 3.35. The molecule has 4 rings (SSSR count). The van der Waals surface area contributed by atoms with Gasteiger partial charge in [0, 0.05) is 39.5 Å². The zero-order valence-corrected chi connectivity index (χ0v) is 16.3. The minimum Gasteiger partial charge on any atom is -0.475 e. The summed E-state index contributed by atoms with van der Waals surface area (Å²) >= 11 is 0. The highest BCUT2D eigenvalue weighted by molar-refractivity contribution is 5.73. The van der Waals surface area contributed by atoms with Crippen LogP contribution in [0, 0.1) is 0 Å². The molecule has 2 aromatic rings. The Kier molecular flexibility index (Phi) is 6.83. The van der Waals surface area contributed by atoms with Crippen LogP contribution in [-0.2, 0) is 22.6 Å². The second-order valence-electron chi connectivity index (χ2n) is 6.86. The van der Waals surface area contributed by atoms with Crippen LogP contribution in [0.1, 0.15) is 23.7 Å². The molecule has 1 unspecified atom stereocenters. The third kappa shape index (κ3) is 5.42. The number of rotatable bonds is 5. The minimum atomic E-state index is -5.08. The van der Waals surface area contributed by atoms with Gasteiger partial charge in [-0.2, -0.15) is 18.3 Å². The Morgan fingerprint density at radius 1 is 1.30 bits per heavy atom. The van der Waals surface area contributed by atoms with E-state index in [1.807, 2.05) is 12.3 Å². The van der Waals surface area contributed by atoms with Gasteiger partial charge < -0.3 is 19.3 Å². The van der Waals surface area contributed by atoms with Crippen molar-refractivity contribution in [1.82, 2.24) is 14.7 Å². The maximum Gasteiger partial charge on any atom is 0.490 e. The largest absolute Gasteiger partial charge is 0.490 e. The molecule has 0 saturated heterocycles. The minimum absolute atomic E-state index is 0.320. The molecule has 1 atom stereocenters. The molecule has 0 saturated carbocycles. The quantitative estimate of drug-likeness (QED) is 0.782. The molecule has 0 bridgehead atoms. The number of nitrogens with zero attached hydrogens (tertiary/aromatic N) is 3. The lowest BCUT2D eigenvalue weighted by Crippen LogP contribution is -2.37. The van der Waals surface area contributed by atoms with Crippen molar-refractivity contribution in [3.05, 3.63) is 41.7 Å². The molecule has 2 aliphatic heterocycles. The van der Waals surface area contributed by atoms with E-state index >= 15 is 0 Å². The number of alkyl halides is 3. The molecule has 1 aromatic heterocycles. The summed E-state index contributed by atoms with van der Waals surface area (Å²) in [5, 5.41) is 11.6. The second kappa shape index (κ2) is 9.35. The van der Waals surface area contributed by atoms with Gasteiger partial charge in [-0.25, -0.2) is 4.79 Å². The Labute approximate surface area is 170 Å². The number of ether oxygens (including phenoxy) is 3. The summed E-state index contributed by atoms with van der Waals surface area (Å²) < 4.78 is 50.0. The average Bonchev–Trinajstić information content (AvgIpc) is 3.34. The van der Waals surface area contributed by atoms with E-state index in [-0.39, 0.29) is 0 Å². The Balaban J connectivity index is 0.000000318. The standard InChI is InChI=1S/C17H21N3O3.C2HF3O2/c1-21-7-5-15-11-19(10-14-4-6-18-20(14)15)9-13-2-3-16-17(8-13)23-12-22-16;3-2(4,5)1(6)7/h2-4,6,8,15H,5,7,9-12H2,1H3;(H,6,7). The highest BCUT2D eigenvalue weighted by Crippen LogP contribution is 2.33. The van der Waals surface area contributed by atoms with E-state index < -0.39 is 12.1 Å². The van der Waals surface area contributed by atoms with E-state index in [0.29, 0.717) is 12.8 Å². The Morgan fingerprint density at radius 3 is 2.73 bits per heavy atom. The Morgan fingerprint density at radius 2 is 2.03 bits per heavy atom. The van der Waals surface area contributed by atoms with Crippen molar-refractivity contribution in [1.29, 1.82) is 0 Å². The smallest absolute Gasteiger partial charge is 0.475 e. The van der Waals surface area contributed by atoms with Crippen molar-refractivity contribution in [2.24, 2.45) is 0 Å². The predicted molar refractivity (Wildman–Crippen MR) is 98.1 cm³/mol. The van der Waals surface area contributed by atoms with Gasteiger partial charge in [-0.05, 0) is 30.2 Å². The van der Waals surface area contributed by atoms with Gasteiger partial charge in [-0.1, -0.05) is 6.07 Å². The molecule has 8 nitrogen and oxygen atoms in total. The van der Waals surface area contributed by atoms with Crippen LogP contribution in [0.5, 0.6) is 11.5 Å². The first-order valence-electron chi connectivity index (χ1n) is 9.20. The molecule has 11 heteroatoms. The molecule has 0 fully saturated rings. The number of benzene rings is 1. The average molecular weight is 429 g/mol. The fourth-order valence-corrected chi connectivity index (χ4v) is 3.35. The molecule has 0 spiro atoms. The molecular formula is C19H22F3N3O5. The maximum absolute atomic E-state index is 10.6. The van der Waals surface area contributed by atoms with Crippen LogP contribution in [0.3, 0.4) is 0 Å². The number of methoxy groups -OCH3 is 1. The number of carbonyl (C=O) groups is 1. The van der Waals surface area contributed by atoms with E-state index in [9.17, 15) is 13.2 Å². The molecular weight excluding hydrogens is 407 g/mol. The third-order valence-electron chi connectivity index (χ3n) is 4.69. The zero-order valence-electron chi connectivity index (χ0n) is 16.3. The molecule has 0 amide bonds. The molecule has 164 valence electrons. The zero-order chi connectivity index (χ0) is 21.7. The van der Waals surface area contributed by atoms with Crippen LogP contribution in [0.4, 0.5) is 13.2 Å². The van der Waals surface area contributed by atoms with Gasteiger partial charge in [-0.15, -0.1) is 0 Å². The van der Waals surface area contributed by atoms with Crippen LogP contribution < -0.4 is 9.47 Å². The first-order valence-corrected chi connectivity index (χ1v) is 9.20. The normalized spacial score (nSPS) is 17.8. The first-order chi connectivity index (χ1) is 14.3. The number of carboxylic acid groups (broad SMARTS) is 1. The van der Waals surface area contributed by atoms with E-state index in [1.165, 1.54) is 11.3 Å². The summed E-state index contributed by atoms with van der Waals surface area (Å²) in [5.74, 6) is -1.07. The number of halogens is 3. The van der Waals surface area contributed by atoms with Crippen LogP contribution in [0.15, 0.2) is 30.5 Å². The number of hydrogen-bond acceptors (Lipinski definition) is 6. The highest BCUT2D eigenvalue weighted by atomic mass is 19.4. The van der Waals surface area contributed by atoms with Gasteiger partial charge in [0.25, 0.3) is 0 Å². The lowest BCUT2D eigenvalue weighted by atomic mass is 10.1. The first kappa shape index (κ1) is 21.9. The topological polar surface area (TPSA) is 86.1 Å². The summed E-state index contributed by atoms with van der Waals surface area (Å²) in [6.07, 6.45) is -2.22. The van der Waals surface area contributed by atoms with Crippen molar-refractivity contribution >= 4 is 5.97 Å². The second-order valence-corrected chi connectivity index (χ2v) is 6.86. The summed E-state index contributed by atoms with van der Waals surface area (Å²) in [5.41, 5.74) is 2.51. The van der Waals surface area contributed by atoms with Crippen molar-refractivity contribution in [3.63, 3.8) is 0 Å². The molecule has 1 N–H and O–H groups in total. The molecule has 3 heterocycles. The molecule has 30 heavy (non-hydrogen) atoms. The summed E-state index contributed by atoms with van der Waals surface area (Å²) in [7, 11) is 1.75. The lowest BCUT2D eigenvalue weighted by Gasteiger charge is -2.34. The van der Waals surface area contributed by atoms with Gasteiger partial charge in [0.15, 0.2) is 11.5 Å². The maximum atomic E-state index is 10.6. The van der Waals surface area contributed by atoms with E-state index in [1.54, 1.807) is 7.11 Å². The van der Waals surface area contributed by atoms with Crippen molar-refractivity contribution in [3.8, 4) is 11.5 Å². The monoisotopic (exact) mass is 429 g/mol. The summed E-state index contributed by atoms with van der Waals surface area (Å²) in [4.78, 5) is 11.3. The molecule has 0 radical (unpaired) electrons. The number of hydrogen-bond donors (Lipinski definition) is 1. The van der Waals surface area contributed by atoms with E-state index in [2.05, 4.69) is 32.9 Å². The number of aliphatic carboxylic acids is 1. The van der Waals surface area contributed by atoms with Gasteiger partial charge in [0.2, 0.25) is 6.79 Å². The van der Waals surface area contributed by atoms with Crippen molar-refractivity contribution < 1.29 is 37.3 Å². The predicted octanol–water partition coefficient (Wildman–Crippen LogP) is 2.84. The Bertz CT molecular complexity index is 871. The van der Waals surface area contributed by atoms with Gasteiger partial charge in [0.1, 0.15) is 0 Å². The number of carboxylic acids is 1. The van der Waals surface area contributed by atoms with Gasteiger partial charge in [-0.3, -0.25) is 9.58 Å². The van der Waals surface area contributed by atoms with Gasteiger partial charge >= 0.3 is 12.1 Å². The van der Waals surface area contributed by atoms with E-state index in [4.69, 9.17) is 24.1 Å². The molecule has 0 aliphatic carbocycles. The summed E-state index contributed by atoms with van der Waals surface area (Å²) in [6.45, 7) is 3.86. The SMILES string of the molecule is COCCC1CN(Cc2ccc3c(c2)OCO3)Cc2ccnn21.O=C(O)C(F)(F)F. The lowest BCUT2D eigenvalue weighted by molar-refractivity contribution is -0.192.